The Bertz CT molecular complexity index is 418. The van der Waals surface area contributed by atoms with E-state index in [9.17, 15) is 0 Å². The summed E-state index contributed by atoms with van der Waals surface area (Å²) >= 11 is 0. The molecule has 1 unspecified atom stereocenters. The van der Waals surface area contributed by atoms with E-state index >= 15 is 0 Å². The monoisotopic (exact) mass is 283 g/mol. The average molecular weight is 283 g/mol. The molecule has 1 atom stereocenters. The molecule has 0 spiro atoms. The van der Waals surface area contributed by atoms with Crippen LogP contribution in [0.1, 0.15) is 63.0 Å². The second-order valence-corrected chi connectivity index (χ2v) is 6.17. The molecule has 0 saturated heterocycles. The van der Waals surface area contributed by atoms with Crippen LogP contribution < -0.4 is 5.73 Å². The van der Waals surface area contributed by atoms with Crippen molar-refractivity contribution < 1.29 is 0 Å². The molecule has 1 aliphatic carbocycles. The second kappa shape index (κ2) is 9.57. The quantitative estimate of drug-likeness (QED) is 0.755. The maximum Gasteiger partial charge on any atom is 0.0323 e. The largest absolute Gasteiger partial charge is 0.324 e. The lowest BCUT2D eigenvalue weighted by atomic mass is 9.86. The third kappa shape index (κ3) is 5.89. The summed E-state index contributed by atoms with van der Waals surface area (Å²) in [6.45, 7) is 0. The Labute approximate surface area is 129 Å². The molecule has 1 aromatic carbocycles. The molecule has 1 saturated carbocycles. The van der Waals surface area contributed by atoms with Gasteiger partial charge in [0, 0.05) is 6.04 Å². The topological polar surface area (TPSA) is 26.0 Å². The molecule has 0 bridgehead atoms. The van der Waals surface area contributed by atoms with Gasteiger partial charge in [0.2, 0.25) is 0 Å². The predicted molar refractivity (Wildman–Crippen MR) is 91.4 cm³/mol. The Kier molecular flexibility index (Phi) is 7.31. The second-order valence-electron chi connectivity index (χ2n) is 6.17. The Balaban J connectivity index is 2.14. The Morgan fingerprint density at radius 3 is 1.62 bits per heavy atom. The molecular formula is C20H29N. The van der Waals surface area contributed by atoms with Gasteiger partial charge in [-0.15, -0.1) is 0 Å². The van der Waals surface area contributed by atoms with Gasteiger partial charge in [-0.3, -0.25) is 0 Å². The zero-order valence-electron chi connectivity index (χ0n) is 13.1. The van der Waals surface area contributed by atoms with Crippen molar-refractivity contribution in [1.82, 2.24) is 0 Å². The van der Waals surface area contributed by atoms with Crippen molar-refractivity contribution in [1.29, 1.82) is 0 Å². The molecule has 21 heavy (non-hydrogen) atoms. The fourth-order valence-electron chi connectivity index (χ4n) is 3.23. The third-order valence-corrected chi connectivity index (χ3v) is 4.54. The van der Waals surface area contributed by atoms with Crippen LogP contribution in [0.3, 0.4) is 0 Å². The van der Waals surface area contributed by atoms with Crippen LogP contribution in [-0.2, 0) is 0 Å². The van der Waals surface area contributed by atoms with Crippen LogP contribution in [0.5, 0.6) is 0 Å². The summed E-state index contributed by atoms with van der Waals surface area (Å²) in [5, 5.41) is 0. The molecule has 2 rings (SSSR count). The molecule has 0 aliphatic heterocycles. The highest BCUT2D eigenvalue weighted by atomic mass is 14.6. The smallest absolute Gasteiger partial charge is 0.0323 e. The molecular weight excluding hydrogens is 254 g/mol. The van der Waals surface area contributed by atoms with Gasteiger partial charge in [-0.05, 0) is 24.3 Å². The Morgan fingerprint density at radius 2 is 1.10 bits per heavy atom. The maximum atomic E-state index is 6.61. The first-order valence-corrected chi connectivity index (χ1v) is 8.52. The average Bonchev–Trinajstić information content (AvgIpc) is 2.65. The van der Waals surface area contributed by atoms with Crippen LogP contribution in [-0.4, -0.2) is 0 Å². The normalized spacial score (nSPS) is 18.7. The van der Waals surface area contributed by atoms with E-state index < -0.39 is 0 Å². The van der Waals surface area contributed by atoms with Crippen molar-refractivity contribution in [2.75, 3.05) is 0 Å². The minimum atomic E-state index is 0.167. The van der Waals surface area contributed by atoms with Gasteiger partial charge in [-0.2, -0.15) is 0 Å². The number of nitrogens with two attached hydrogens (primary N) is 1. The molecule has 0 aromatic heterocycles. The van der Waals surface area contributed by atoms with E-state index in [0.717, 1.165) is 0 Å². The fourth-order valence-corrected chi connectivity index (χ4v) is 3.23. The van der Waals surface area contributed by atoms with Crippen molar-refractivity contribution in [3.63, 3.8) is 0 Å². The molecule has 1 nitrogen and oxygen atoms in total. The highest BCUT2D eigenvalue weighted by molar-refractivity contribution is 5.17. The zero-order valence-corrected chi connectivity index (χ0v) is 13.1. The molecule has 1 fully saturated rings. The maximum absolute atomic E-state index is 6.61. The van der Waals surface area contributed by atoms with E-state index in [2.05, 4.69) is 48.5 Å². The van der Waals surface area contributed by atoms with Crippen molar-refractivity contribution in [2.45, 2.75) is 57.4 Å². The van der Waals surface area contributed by atoms with Gasteiger partial charge in [0.05, 0.1) is 0 Å². The molecule has 0 amide bonds. The Morgan fingerprint density at radius 1 is 0.667 bits per heavy atom. The molecule has 2 N–H and O–H groups in total. The van der Waals surface area contributed by atoms with E-state index in [4.69, 9.17) is 5.73 Å². The van der Waals surface area contributed by atoms with Gasteiger partial charge >= 0.3 is 0 Å². The van der Waals surface area contributed by atoms with Crippen LogP contribution >= 0.6 is 0 Å². The van der Waals surface area contributed by atoms with Crippen LogP contribution in [0.4, 0.5) is 0 Å². The van der Waals surface area contributed by atoms with Crippen molar-refractivity contribution >= 4 is 0 Å². The van der Waals surface area contributed by atoms with E-state index in [1.165, 1.54) is 56.9 Å². The number of rotatable bonds is 2. The highest BCUT2D eigenvalue weighted by Crippen LogP contribution is 2.30. The van der Waals surface area contributed by atoms with Crippen LogP contribution in [0.2, 0.25) is 0 Å². The molecule has 1 aromatic rings. The Hall–Kier alpha value is -1.34. The minimum absolute atomic E-state index is 0.167. The van der Waals surface area contributed by atoms with E-state index in [0.29, 0.717) is 5.92 Å². The standard InChI is InChI=1S/C20H29N/c21-20(19-16-12-8-4-5-9-13-17-19)18-14-10-6-2-1-3-7-11-15-18/h1-3,6-7,10-11,14-15,19-20H,4-5,8-9,12-13,16-17,21H2. The minimum Gasteiger partial charge on any atom is -0.324 e. The zero-order chi connectivity index (χ0) is 14.8. The van der Waals surface area contributed by atoms with Gasteiger partial charge in [0.15, 0.2) is 0 Å². The van der Waals surface area contributed by atoms with Crippen LogP contribution in [0, 0.1) is 5.92 Å². The molecule has 0 radical (unpaired) electrons. The summed E-state index contributed by atoms with van der Waals surface area (Å²) in [4.78, 5) is 0. The fraction of sp³-hybridized carbons (Fsp3) is 0.500. The van der Waals surface area contributed by atoms with Gasteiger partial charge in [0.25, 0.3) is 0 Å². The van der Waals surface area contributed by atoms with Crippen molar-refractivity contribution in [2.24, 2.45) is 11.7 Å². The molecule has 1 aliphatic rings. The van der Waals surface area contributed by atoms with Crippen molar-refractivity contribution in [3.8, 4) is 0 Å². The van der Waals surface area contributed by atoms with E-state index in [1.807, 2.05) is 6.07 Å². The van der Waals surface area contributed by atoms with Gasteiger partial charge < -0.3 is 5.73 Å². The molecule has 0 heterocycles. The summed E-state index contributed by atoms with van der Waals surface area (Å²) in [7, 11) is 0. The lowest BCUT2D eigenvalue weighted by Crippen LogP contribution is -2.21. The molecule has 114 valence electrons. The van der Waals surface area contributed by atoms with Crippen LogP contribution in [0.15, 0.2) is 54.6 Å². The molecule has 1 heteroatoms. The summed E-state index contributed by atoms with van der Waals surface area (Å²) in [6.07, 6.45) is 10.8. The lowest BCUT2D eigenvalue weighted by Gasteiger charge is -2.23. The number of hydrogen-bond acceptors (Lipinski definition) is 1. The summed E-state index contributed by atoms with van der Waals surface area (Å²) in [5.74, 6) is 0.634. The van der Waals surface area contributed by atoms with Gasteiger partial charge in [-0.25, -0.2) is 0 Å². The predicted octanol–water partition coefficient (Wildman–Crippen LogP) is 5.56. The third-order valence-electron chi connectivity index (χ3n) is 4.54. The first-order valence-electron chi connectivity index (χ1n) is 8.52. The van der Waals surface area contributed by atoms with E-state index in [-0.39, 0.29) is 6.04 Å². The van der Waals surface area contributed by atoms with Gasteiger partial charge in [0.1, 0.15) is 0 Å². The summed E-state index contributed by atoms with van der Waals surface area (Å²) in [6, 6.07) is 19.0. The summed E-state index contributed by atoms with van der Waals surface area (Å²) in [5.41, 5.74) is 7.87. The lowest BCUT2D eigenvalue weighted by molar-refractivity contribution is 0.360. The van der Waals surface area contributed by atoms with Crippen molar-refractivity contribution in [3.05, 3.63) is 60.2 Å². The summed E-state index contributed by atoms with van der Waals surface area (Å²) < 4.78 is 0. The highest BCUT2D eigenvalue weighted by Gasteiger charge is 2.19. The van der Waals surface area contributed by atoms with Crippen LogP contribution in [0.25, 0.3) is 0 Å². The first kappa shape index (κ1) is 16.0. The SMILES string of the molecule is NC(c1ccccccccc1)C1CCCCCCCC1. The van der Waals surface area contributed by atoms with E-state index in [1.54, 1.807) is 0 Å². The van der Waals surface area contributed by atoms with Gasteiger partial charge in [-0.1, -0.05) is 93.1 Å². The first-order chi connectivity index (χ1) is 10.4. The number of hydrogen-bond donors (Lipinski definition) is 1.